The van der Waals surface area contributed by atoms with Crippen molar-refractivity contribution in [2.24, 2.45) is 0 Å². The summed E-state index contributed by atoms with van der Waals surface area (Å²) in [6, 6.07) is 1.74. The quantitative estimate of drug-likeness (QED) is 0.673. The van der Waals surface area contributed by atoms with Crippen molar-refractivity contribution in [1.29, 1.82) is 0 Å². The highest BCUT2D eigenvalue weighted by Gasteiger charge is 2.25. The molecule has 1 aliphatic rings. The Kier molecular flexibility index (Phi) is 5.01. The number of rotatable bonds is 4. The maximum atomic E-state index is 12.2. The maximum Gasteiger partial charge on any atom is 0.251 e. The molecule has 1 aromatic rings. The molecule has 0 radical (unpaired) electrons. The number of carbonyl (C=O) groups excluding carboxylic acids is 1. The largest absolute Gasteiger partial charge is 0.339 e. The molecule has 0 saturated carbocycles. The summed E-state index contributed by atoms with van der Waals surface area (Å²) in [5.41, 5.74) is -0.186. The summed E-state index contributed by atoms with van der Waals surface area (Å²) in [5.74, 6) is 0.478. The first-order valence-corrected chi connectivity index (χ1v) is 7.67. The van der Waals surface area contributed by atoms with Crippen molar-refractivity contribution in [3.05, 3.63) is 22.6 Å². The fourth-order valence-electron chi connectivity index (χ4n) is 2.39. The SMILES string of the molecule is CCC1CCCCN1C(=O)CSc1nccc(=O)[nH]1. The molecule has 0 bridgehead atoms. The number of H-pyrrole nitrogens is 1. The number of nitrogens with zero attached hydrogens (tertiary/aromatic N) is 2. The second-order valence-electron chi connectivity index (χ2n) is 4.67. The molecule has 1 N–H and O–H groups in total. The highest BCUT2D eigenvalue weighted by Crippen LogP contribution is 2.21. The van der Waals surface area contributed by atoms with E-state index in [1.807, 2.05) is 4.90 Å². The Labute approximate surface area is 116 Å². The van der Waals surface area contributed by atoms with E-state index in [0.29, 0.717) is 17.0 Å². The molecule has 2 heterocycles. The van der Waals surface area contributed by atoms with Crippen molar-refractivity contribution in [2.75, 3.05) is 12.3 Å². The van der Waals surface area contributed by atoms with Crippen LogP contribution in [0.3, 0.4) is 0 Å². The van der Waals surface area contributed by atoms with Gasteiger partial charge >= 0.3 is 0 Å². The Morgan fingerprint density at radius 1 is 1.58 bits per heavy atom. The van der Waals surface area contributed by atoms with Gasteiger partial charge in [0.2, 0.25) is 5.91 Å². The molecule has 104 valence electrons. The van der Waals surface area contributed by atoms with E-state index < -0.39 is 0 Å². The van der Waals surface area contributed by atoms with E-state index in [9.17, 15) is 9.59 Å². The molecule has 1 fully saturated rings. The molecule has 1 aromatic heterocycles. The third-order valence-corrected chi connectivity index (χ3v) is 4.27. The van der Waals surface area contributed by atoms with Gasteiger partial charge in [0, 0.05) is 24.8 Å². The Morgan fingerprint density at radius 2 is 2.42 bits per heavy atom. The first-order chi connectivity index (χ1) is 9.20. The third-order valence-electron chi connectivity index (χ3n) is 3.40. The average Bonchev–Trinajstić information content (AvgIpc) is 2.45. The lowest BCUT2D eigenvalue weighted by Gasteiger charge is -2.35. The number of piperidine rings is 1. The lowest BCUT2D eigenvalue weighted by Crippen LogP contribution is -2.44. The second kappa shape index (κ2) is 6.75. The summed E-state index contributed by atoms with van der Waals surface area (Å²) in [5, 5.41) is 0.505. The zero-order chi connectivity index (χ0) is 13.7. The molecule has 1 amide bonds. The monoisotopic (exact) mass is 281 g/mol. The van der Waals surface area contributed by atoms with Gasteiger partial charge in [-0.2, -0.15) is 0 Å². The van der Waals surface area contributed by atoms with Crippen LogP contribution in [0.2, 0.25) is 0 Å². The summed E-state index contributed by atoms with van der Waals surface area (Å²) < 4.78 is 0. The molecule has 2 rings (SSSR count). The number of aromatic amines is 1. The van der Waals surface area contributed by atoms with E-state index in [-0.39, 0.29) is 11.5 Å². The minimum Gasteiger partial charge on any atom is -0.339 e. The lowest BCUT2D eigenvalue weighted by molar-refractivity contribution is -0.132. The molecule has 6 heteroatoms. The maximum absolute atomic E-state index is 12.2. The van der Waals surface area contributed by atoms with Crippen molar-refractivity contribution < 1.29 is 4.79 Å². The highest BCUT2D eigenvalue weighted by atomic mass is 32.2. The Bertz CT molecular complexity index is 489. The zero-order valence-corrected chi connectivity index (χ0v) is 11.9. The van der Waals surface area contributed by atoms with Gasteiger partial charge in [-0.05, 0) is 25.7 Å². The number of hydrogen-bond donors (Lipinski definition) is 1. The highest BCUT2D eigenvalue weighted by molar-refractivity contribution is 7.99. The molecular formula is C13H19N3O2S. The lowest BCUT2D eigenvalue weighted by atomic mass is 10.0. The van der Waals surface area contributed by atoms with Crippen LogP contribution in [0.4, 0.5) is 0 Å². The van der Waals surface area contributed by atoms with Crippen molar-refractivity contribution >= 4 is 17.7 Å². The topological polar surface area (TPSA) is 66.1 Å². The minimum atomic E-state index is -0.186. The van der Waals surface area contributed by atoms with Crippen LogP contribution < -0.4 is 5.56 Å². The van der Waals surface area contributed by atoms with E-state index in [4.69, 9.17) is 0 Å². The van der Waals surface area contributed by atoms with Gasteiger partial charge in [-0.15, -0.1) is 0 Å². The molecule has 0 spiro atoms. The minimum absolute atomic E-state index is 0.142. The van der Waals surface area contributed by atoms with Gasteiger partial charge in [-0.1, -0.05) is 18.7 Å². The van der Waals surface area contributed by atoms with Gasteiger partial charge in [-0.3, -0.25) is 9.59 Å². The Hall–Kier alpha value is -1.30. The smallest absolute Gasteiger partial charge is 0.251 e. The van der Waals surface area contributed by atoms with E-state index in [0.717, 1.165) is 25.8 Å². The van der Waals surface area contributed by atoms with Gasteiger partial charge in [0.25, 0.3) is 5.56 Å². The van der Waals surface area contributed by atoms with Crippen LogP contribution in [-0.4, -0.2) is 39.1 Å². The van der Waals surface area contributed by atoms with E-state index in [1.54, 1.807) is 0 Å². The van der Waals surface area contributed by atoms with Gasteiger partial charge < -0.3 is 9.88 Å². The van der Waals surface area contributed by atoms with Crippen molar-refractivity contribution in [1.82, 2.24) is 14.9 Å². The van der Waals surface area contributed by atoms with Crippen LogP contribution in [0.15, 0.2) is 22.2 Å². The first kappa shape index (κ1) is 14.1. The number of likely N-dealkylation sites (tertiary alicyclic amines) is 1. The van der Waals surface area contributed by atoms with Crippen LogP contribution in [-0.2, 0) is 4.79 Å². The van der Waals surface area contributed by atoms with E-state index >= 15 is 0 Å². The van der Waals surface area contributed by atoms with E-state index in [1.165, 1.54) is 30.4 Å². The van der Waals surface area contributed by atoms with Gasteiger partial charge in [0.05, 0.1) is 5.75 Å². The van der Waals surface area contributed by atoms with Crippen LogP contribution in [0, 0.1) is 0 Å². The molecule has 19 heavy (non-hydrogen) atoms. The number of amides is 1. The first-order valence-electron chi connectivity index (χ1n) is 6.68. The van der Waals surface area contributed by atoms with Gasteiger partial charge in [0.1, 0.15) is 0 Å². The molecule has 0 aromatic carbocycles. The number of aromatic nitrogens is 2. The Balaban J connectivity index is 1.91. The fourth-order valence-corrected chi connectivity index (χ4v) is 3.13. The van der Waals surface area contributed by atoms with Crippen LogP contribution >= 0.6 is 11.8 Å². The van der Waals surface area contributed by atoms with Crippen LogP contribution in [0.25, 0.3) is 0 Å². The standard InChI is InChI=1S/C13H19N3O2S/c1-2-10-5-3-4-8-16(10)12(18)9-19-13-14-7-6-11(17)15-13/h6-7,10H,2-5,8-9H2,1H3,(H,14,15,17). The number of hydrogen-bond acceptors (Lipinski definition) is 4. The number of carbonyl (C=O) groups is 1. The molecule has 1 saturated heterocycles. The molecule has 1 aliphatic heterocycles. The van der Waals surface area contributed by atoms with Crippen LogP contribution in [0.5, 0.6) is 0 Å². The summed E-state index contributed by atoms with van der Waals surface area (Å²) in [6.07, 6.45) is 5.88. The predicted molar refractivity (Wildman–Crippen MR) is 75.2 cm³/mol. The molecule has 0 aliphatic carbocycles. The van der Waals surface area contributed by atoms with Gasteiger partial charge in [0.15, 0.2) is 5.16 Å². The zero-order valence-electron chi connectivity index (χ0n) is 11.1. The fraction of sp³-hybridized carbons (Fsp3) is 0.615. The summed E-state index contributed by atoms with van der Waals surface area (Å²) in [6.45, 7) is 2.98. The van der Waals surface area contributed by atoms with Crippen molar-refractivity contribution in [2.45, 2.75) is 43.8 Å². The molecule has 5 nitrogen and oxygen atoms in total. The van der Waals surface area contributed by atoms with Gasteiger partial charge in [-0.25, -0.2) is 4.98 Å². The normalized spacial score (nSPS) is 19.4. The van der Waals surface area contributed by atoms with Crippen LogP contribution in [0.1, 0.15) is 32.6 Å². The van der Waals surface area contributed by atoms with Crippen molar-refractivity contribution in [3.8, 4) is 0 Å². The summed E-state index contributed by atoms with van der Waals surface area (Å²) in [4.78, 5) is 32.0. The predicted octanol–water partition coefficient (Wildman–Crippen LogP) is 1.65. The molecule has 1 atom stereocenters. The Morgan fingerprint density at radius 3 is 3.16 bits per heavy atom. The average molecular weight is 281 g/mol. The third kappa shape index (κ3) is 3.83. The van der Waals surface area contributed by atoms with E-state index in [2.05, 4.69) is 16.9 Å². The van der Waals surface area contributed by atoms with Crippen molar-refractivity contribution in [3.63, 3.8) is 0 Å². The summed E-state index contributed by atoms with van der Waals surface area (Å²) in [7, 11) is 0. The number of nitrogens with one attached hydrogen (secondary N) is 1. The second-order valence-corrected chi connectivity index (χ2v) is 5.64. The molecule has 1 unspecified atom stereocenters. The number of thioether (sulfide) groups is 1. The summed E-state index contributed by atoms with van der Waals surface area (Å²) >= 11 is 1.29. The molecular weight excluding hydrogens is 262 g/mol.